The summed E-state index contributed by atoms with van der Waals surface area (Å²) in [5, 5.41) is 2.35. The molecule has 2 amide bonds. The second kappa shape index (κ2) is 8.91. The minimum absolute atomic E-state index is 0.102. The minimum Gasteiger partial charge on any atom is -0.462 e. The largest absolute Gasteiger partial charge is 0.462 e. The van der Waals surface area contributed by atoms with Crippen molar-refractivity contribution in [2.45, 2.75) is 13.8 Å². The summed E-state index contributed by atoms with van der Waals surface area (Å²) in [6, 6.07) is 0. The molecule has 0 bridgehead atoms. The second-order valence-corrected chi connectivity index (χ2v) is 4.42. The van der Waals surface area contributed by atoms with E-state index in [0.29, 0.717) is 6.61 Å². The maximum Gasteiger partial charge on any atom is 0.342 e. The van der Waals surface area contributed by atoms with Crippen molar-refractivity contribution in [1.29, 1.82) is 0 Å². The summed E-state index contributed by atoms with van der Waals surface area (Å²) in [4.78, 5) is 35.3. The number of hydrogen-bond donors (Lipinski definition) is 2. The van der Waals surface area contributed by atoms with E-state index in [1.807, 2.05) is 0 Å². The van der Waals surface area contributed by atoms with Crippen molar-refractivity contribution < 1.29 is 33.0 Å². The summed E-state index contributed by atoms with van der Waals surface area (Å²) in [7, 11) is 1.51. The number of aryl methyl sites for hydroxylation is 1. The molecule has 23 heavy (non-hydrogen) atoms. The summed E-state index contributed by atoms with van der Waals surface area (Å²) >= 11 is 0. The topological polar surface area (TPSA) is 130 Å². The number of primary amides is 1. The van der Waals surface area contributed by atoms with Gasteiger partial charge in [0.2, 0.25) is 5.88 Å². The van der Waals surface area contributed by atoms with Gasteiger partial charge in [-0.05, 0) is 13.8 Å². The van der Waals surface area contributed by atoms with Gasteiger partial charge in [0.05, 0.1) is 19.8 Å². The highest BCUT2D eigenvalue weighted by Gasteiger charge is 2.29. The number of hydrogen-bond acceptors (Lipinski definition) is 7. The number of anilines is 1. The van der Waals surface area contributed by atoms with Gasteiger partial charge in [-0.25, -0.2) is 4.79 Å². The van der Waals surface area contributed by atoms with E-state index in [1.54, 1.807) is 6.92 Å². The van der Waals surface area contributed by atoms with Crippen LogP contribution in [-0.4, -0.2) is 51.3 Å². The van der Waals surface area contributed by atoms with Crippen LogP contribution in [0.4, 0.5) is 5.88 Å². The summed E-state index contributed by atoms with van der Waals surface area (Å²) in [5.41, 5.74) is 4.94. The summed E-state index contributed by atoms with van der Waals surface area (Å²) in [6.07, 6.45) is 0. The Hall–Kier alpha value is -2.39. The van der Waals surface area contributed by atoms with E-state index < -0.39 is 17.8 Å². The van der Waals surface area contributed by atoms with Crippen molar-refractivity contribution in [3.05, 3.63) is 16.9 Å². The Balaban J connectivity index is 2.90. The first-order valence-electron chi connectivity index (χ1n) is 6.89. The van der Waals surface area contributed by atoms with Crippen LogP contribution >= 0.6 is 0 Å². The molecule has 0 aliphatic carbocycles. The molecule has 0 saturated carbocycles. The predicted octanol–water partition coefficient (Wildman–Crippen LogP) is 0.465. The number of furan rings is 1. The van der Waals surface area contributed by atoms with Gasteiger partial charge in [0, 0.05) is 7.11 Å². The van der Waals surface area contributed by atoms with Gasteiger partial charge in [0.15, 0.2) is 0 Å². The molecule has 9 heteroatoms. The van der Waals surface area contributed by atoms with Crippen LogP contribution in [0.25, 0.3) is 0 Å². The molecule has 0 radical (unpaired) electrons. The Morgan fingerprint density at radius 3 is 2.48 bits per heavy atom. The molecule has 1 rings (SSSR count). The first kappa shape index (κ1) is 18.7. The Kier molecular flexibility index (Phi) is 7.23. The molecule has 0 atom stereocenters. The molecule has 9 nitrogen and oxygen atoms in total. The molecule has 0 aliphatic heterocycles. The molecule has 3 N–H and O–H groups in total. The number of carbonyl (C=O) groups is 3. The van der Waals surface area contributed by atoms with E-state index in [-0.39, 0.29) is 42.6 Å². The third kappa shape index (κ3) is 5.08. The number of ether oxygens (including phenoxy) is 3. The zero-order valence-electron chi connectivity index (χ0n) is 13.3. The first-order chi connectivity index (χ1) is 10.9. The number of methoxy groups -OCH3 is 1. The van der Waals surface area contributed by atoms with E-state index in [4.69, 9.17) is 24.4 Å². The van der Waals surface area contributed by atoms with Crippen molar-refractivity contribution in [3.63, 3.8) is 0 Å². The average Bonchev–Trinajstić information content (AvgIpc) is 2.80. The molecule has 0 unspecified atom stereocenters. The van der Waals surface area contributed by atoms with Gasteiger partial charge in [-0.3, -0.25) is 14.9 Å². The minimum atomic E-state index is -0.916. The summed E-state index contributed by atoms with van der Waals surface area (Å²) in [6.45, 7) is 3.51. The van der Waals surface area contributed by atoms with Crippen LogP contribution in [0.2, 0.25) is 0 Å². The lowest BCUT2D eigenvalue weighted by Crippen LogP contribution is -2.23. The molecule has 128 valence electrons. The average molecular weight is 328 g/mol. The standard InChI is InChI=1S/C14H20N2O7/c1-4-22-14(19)10-8(2)23-13(11(10)12(15)18)16-9(17)7-21-6-5-20-3/h4-7H2,1-3H3,(H2,15,18)(H,16,17). The zero-order valence-corrected chi connectivity index (χ0v) is 13.3. The fourth-order valence-electron chi connectivity index (χ4n) is 1.79. The number of nitrogens with two attached hydrogens (primary N) is 1. The van der Waals surface area contributed by atoms with Gasteiger partial charge >= 0.3 is 5.97 Å². The van der Waals surface area contributed by atoms with Crippen LogP contribution in [-0.2, 0) is 19.0 Å². The van der Waals surface area contributed by atoms with Gasteiger partial charge in [-0.1, -0.05) is 0 Å². The lowest BCUT2D eigenvalue weighted by molar-refractivity contribution is -0.121. The molecule has 0 saturated heterocycles. The predicted molar refractivity (Wildman–Crippen MR) is 79.2 cm³/mol. The maximum atomic E-state index is 11.9. The molecule has 1 heterocycles. The van der Waals surface area contributed by atoms with Crippen molar-refractivity contribution in [3.8, 4) is 0 Å². The van der Waals surface area contributed by atoms with Gasteiger partial charge in [0.25, 0.3) is 11.8 Å². The van der Waals surface area contributed by atoms with Crippen molar-refractivity contribution in [2.75, 3.05) is 38.9 Å². The van der Waals surface area contributed by atoms with Gasteiger partial charge in [0.1, 0.15) is 23.5 Å². The first-order valence-corrected chi connectivity index (χ1v) is 6.89. The quantitative estimate of drug-likeness (QED) is 0.497. The fourth-order valence-corrected chi connectivity index (χ4v) is 1.79. The Bertz CT molecular complexity index is 580. The fraction of sp³-hybridized carbons (Fsp3) is 0.500. The monoisotopic (exact) mass is 328 g/mol. The molecule has 1 aromatic heterocycles. The molecule has 0 fully saturated rings. The number of nitrogens with one attached hydrogen (secondary N) is 1. The summed E-state index contributed by atoms with van der Waals surface area (Å²) in [5.74, 6) is -2.32. The van der Waals surface area contributed by atoms with Crippen LogP contribution < -0.4 is 11.1 Å². The van der Waals surface area contributed by atoms with Gasteiger partial charge in [-0.2, -0.15) is 0 Å². The van der Waals surface area contributed by atoms with Crippen molar-refractivity contribution in [1.82, 2.24) is 0 Å². The highest BCUT2D eigenvalue weighted by molar-refractivity contribution is 6.10. The second-order valence-electron chi connectivity index (χ2n) is 4.42. The molecule has 0 aliphatic rings. The molecule has 0 aromatic carbocycles. The van der Waals surface area contributed by atoms with Crippen LogP contribution in [0.1, 0.15) is 33.4 Å². The number of esters is 1. The lowest BCUT2D eigenvalue weighted by atomic mass is 10.1. The van der Waals surface area contributed by atoms with Gasteiger partial charge in [-0.15, -0.1) is 0 Å². The van der Waals surface area contributed by atoms with Crippen LogP contribution in [0, 0.1) is 6.92 Å². The Labute approximate surface area is 133 Å². The third-order valence-corrected chi connectivity index (χ3v) is 2.73. The van der Waals surface area contributed by atoms with E-state index in [0.717, 1.165) is 0 Å². The normalized spacial score (nSPS) is 10.4. The zero-order chi connectivity index (χ0) is 17.4. The number of rotatable bonds is 9. The summed E-state index contributed by atoms with van der Waals surface area (Å²) < 4.78 is 19.9. The Morgan fingerprint density at radius 1 is 1.22 bits per heavy atom. The van der Waals surface area contributed by atoms with Crippen LogP contribution in [0.15, 0.2) is 4.42 Å². The maximum absolute atomic E-state index is 11.9. The van der Waals surface area contributed by atoms with E-state index >= 15 is 0 Å². The highest BCUT2D eigenvalue weighted by Crippen LogP contribution is 2.27. The van der Waals surface area contributed by atoms with E-state index in [2.05, 4.69) is 5.32 Å². The smallest absolute Gasteiger partial charge is 0.342 e. The van der Waals surface area contributed by atoms with E-state index in [9.17, 15) is 14.4 Å². The van der Waals surface area contributed by atoms with Crippen molar-refractivity contribution >= 4 is 23.7 Å². The highest BCUT2D eigenvalue weighted by atomic mass is 16.5. The van der Waals surface area contributed by atoms with Crippen molar-refractivity contribution in [2.24, 2.45) is 5.73 Å². The lowest BCUT2D eigenvalue weighted by Gasteiger charge is -2.05. The SMILES string of the molecule is CCOC(=O)c1c(C)oc(NC(=O)COCCOC)c1C(N)=O. The third-order valence-electron chi connectivity index (χ3n) is 2.73. The molecular weight excluding hydrogens is 308 g/mol. The number of carbonyl (C=O) groups excluding carboxylic acids is 3. The van der Waals surface area contributed by atoms with E-state index in [1.165, 1.54) is 14.0 Å². The Morgan fingerprint density at radius 2 is 1.91 bits per heavy atom. The van der Waals surface area contributed by atoms with Crippen LogP contribution in [0.5, 0.6) is 0 Å². The molecule has 0 spiro atoms. The number of amides is 2. The molecule has 1 aromatic rings. The van der Waals surface area contributed by atoms with Crippen LogP contribution in [0.3, 0.4) is 0 Å². The van der Waals surface area contributed by atoms with Gasteiger partial charge < -0.3 is 24.4 Å². The molecular formula is C14H20N2O7.